The van der Waals surface area contributed by atoms with Crippen molar-refractivity contribution in [2.45, 2.75) is 12.8 Å². The van der Waals surface area contributed by atoms with Gasteiger partial charge in [0.15, 0.2) is 11.6 Å². The van der Waals surface area contributed by atoms with Gasteiger partial charge in [0.05, 0.1) is 5.69 Å². The third kappa shape index (κ3) is 1.94. The fourth-order valence-corrected chi connectivity index (χ4v) is 3.01. The van der Waals surface area contributed by atoms with Crippen molar-refractivity contribution in [3.8, 4) is 0 Å². The van der Waals surface area contributed by atoms with Gasteiger partial charge in [-0.05, 0) is 42.7 Å². The molecule has 3 heteroatoms. The summed E-state index contributed by atoms with van der Waals surface area (Å²) in [5.74, 6) is 0.343. The summed E-state index contributed by atoms with van der Waals surface area (Å²) >= 11 is 0. The molecule has 2 aliphatic carbocycles. The van der Waals surface area contributed by atoms with Crippen LogP contribution in [-0.2, 0) is 0 Å². The van der Waals surface area contributed by atoms with Crippen LogP contribution in [0.2, 0.25) is 0 Å². The Balaban J connectivity index is 1.65. The molecule has 3 unspecified atom stereocenters. The molecule has 0 amide bonds. The highest BCUT2D eigenvalue weighted by Gasteiger charge is 2.35. The summed E-state index contributed by atoms with van der Waals surface area (Å²) in [6.45, 7) is 0.728. The second-order valence-corrected chi connectivity index (χ2v) is 5.02. The van der Waals surface area contributed by atoms with Crippen LogP contribution < -0.4 is 5.32 Å². The van der Waals surface area contributed by atoms with Gasteiger partial charge in [-0.1, -0.05) is 18.2 Å². The van der Waals surface area contributed by atoms with E-state index in [1.807, 2.05) is 0 Å². The molecule has 0 spiro atoms. The molecule has 3 atom stereocenters. The van der Waals surface area contributed by atoms with Crippen molar-refractivity contribution in [2.75, 3.05) is 11.9 Å². The lowest BCUT2D eigenvalue weighted by molar-refractivity contribution is 0.468. The summed E-state index contributed by atoms with van der Waals surface area (Å²) in [5, 5.41) is 3.03. The van der Waals surface area contributed by atoms with Crippen LogP contribution >= 0.6 is 0 Å². The molecule has 0 aromatic heterocycles. The van der Waals surface area contributed by atoms with Crippen molar-refractivity contribution in [3.63, 3.8) is 0 Å². The van der Waals surface area contributed by atoms with Gasteiger partial charge in [0.2, 0.25) is 0 Å². The van der Waals surface area contributed by atoms with Crippen LogP contribution in [0.5, 0.6) is 0 Å². The van der Waals surface area contributed by atoms with Crippen LogP contribution in [0.1, 0.15) is 12.8 Å². The van der Waals surface area contributed by atoms with E-state index in [0.29, 0.717) is 17.8 Å². The molecular weight excluding hydrogens is 220 g/mol. The maximum absolute atomic E-state index is 13.4. The van der Waals surface area contributed by atoms with Gasteiger partial charge in [0.1, 0.15) is 0 Å². The molecule has 90 valence electrons. The van der Waals surface area contributed by atoms with Gasteiger partial charge in [-0.3, -0.25) is 0 Å². The number of fused-ring (bicyclic) bond motifs is 2. The van der Waals surface area contributed by atoms with Crippen molar-refractivity contribution in [2.24, 2.45) is 17.8 Å². The van der Waals surface area contributed by atoms with Crippen LogP contribution in [0.4, 0.5) is 14.5 Å². The lowest BCUT2D eigenvalue weighted by atomic mass is 9.93. The number of halogens is 2. The van der Waals surface area contributed by atoms with E-state index in [1.165, 1.54) is 18.9 Å². The normalized spacial score (nSPS) is 29.9. The number of benzene rings is 1. The molecule has 1 saturated carbocycles. The summed E-state index contributed by atoms with van der Waals surface area (Å²) in [7, 11) is 0. The lowest BCUT2D eigenvalue weighted by Crippen LogP contribution is -2.18. The van der Waals surface area contributed by atoms with E-state index >= 15 is 0 Å². The average molecular weight is 235 g/mol. The van der Waals surface area contributed by atoms with Gasteiger partial charge in [0, 0.05) is 6.54 Å². The van der Waals surface area contributed by atoms with Gasteiger partial charge in [-0.15, -0.1) is 0 Å². The molecule has 1 aromatic rings. The van der Waals surface area contributed by atoms with Crippen molar-refractivity contribution >= 4 is 5.69 Å². The van der Waals surface area contributed by atoms with Crippen molar-refractivity contribution < 1.29 is 8.78 Å². The fourth-order valence-electron chi connectivity index (χ4n) is 3.01. The maximum atomic E-state index is 13.4. The Bertz CT molecular complexity index is 456. The number of anilines is 1. The third-order valence-corrected chi connectivity index (χ3v) is 3.92. The first kappa shape index (κ1) is 10.8. The maximum Gasteiger partial charge on any atom is 0.181 e. The average Bonchev–Trinajstić information content (AvgIpc) is 2.93. The molecule has 1 nitrogen and oxygen atoms in total. The van der Waals surface area contributed by atoms with E-state index < -0.39 is 11.6 Å². The predicted octanol–water partition coefficient (Wildman–Crippen LogP) is 3.59. The van der Waals surface area contributed by atoms with Gasteiger partial charge < -0.3 is 5.32 Å². The third-order valence-electron chi connectivity index (χ3n) is 3.92. The molecule has 1 N–H and O–H groups in total. The molecule has 17 heavy (non-hydrogen) atoms. The van der Waals surface area contributed by atoms with Gasteiger partial charge in [0.25, 0.3) is 0 Å². The SMILES string of the molecule is Fc1cccc(NCC2CC3C=CC2C3)c1F. The minimum absolute atomic E-state index is 0.275. The fraction of sp³-hybridized carbons (Fsp3) is 0.429. The number of hydrogen-bond acceptors (Lipinski definition) is 1. The van der Waals surface area contributed by atoms with E-state index in [0.717, 1.165) is 12.6 Å². The first-order chi connectivity index (χ1) is 8.24. The molecule has 0 aliphatic heterocycles. The van der Waals surface area contributed by atoms with Gasteiger partial charge >= 0.3 is 0 Å². The number of hydrogen-bond donors (Lipinski definition) is 1. The molecule has 0 radical (unpaired) electrons. The summed E-state index contributed by atoms with van der Waals surface area (Å²) < 4.78 is 26.4. The van der Waals surface area contributed by atoms with Gasteiger partial charge in [-0.2, -0.15) is 0 Å². The summed E-state index contributed by atoms with van der Waals surface area (Å²) in [6, 6.07) is 4.25. The first-order valence-corrected chi connectivity index (χ1v) is 6.10. The Morgan fingerprint density at radius 1 is 1.18 bits per heavy atom. The van der Waals surface area contributed by atoms with Crippen LogP contribution in [-0.4, -0.2) is 6.54 Å². The van der Waals surface area contributed by atoms with E-state index in [9.17, 15) is 8.78 Å². The second kappa shape index (κ2) is 4.13. The highest BCUT2D eigenvalue weighted by Crippen LogP contribution is 2.43. The van der Waals surface area contributed by atoms with E-state index in [2.05, 4.69) is 17.5 Å². The topological polar surface area (TPSA) is 12.0 Å². The zero-order valence-electron chi connectivity index (χ0n) is 9.50. The predicted molar refractivity (Wildman–Crippen MR) is 63.7 cm³/mol. The Hall–Kier alpha value is -1.38. The quantitative estimate of drug-likeness (QED) is 0.789. The van der Waals surface area contributed by atoms with Crippen LogP contribution in [0.25, 0.3) is 0 Å². The summed E-state index contributed by atoms with van der Waals surface area (Å²) in [4.78, 5) is 0. The van der Waals surface area contributed by atoms with Crippen molar-refractivity contribution in [1.29, 1.82) is 0 Å². The molecular formula is C14H15F2N. The number of allylic oxidation sites excluding steroid dienone is 2. The zero-order chi connectivity index (χ0) is 11.8. The molecule has 1 aromatic carbocycles. The van der Waals surface area contributed by atoms with Crippen molar-refractivity contribution in [1.82, 2.24) is 0 Å². The molecule has 0 saturated heterocycles. The molecule has 2 aliphatic rings. The van der Waals surface area contributed by atoms with Crippen LogP contribution in [0, 0.1) is 29.4 Å². The highest BCUT2D eigenvalue weighted by molar-refractivity contribution is 5.45. The summed E-state index contributed by atoms with van der Waals surface area (Å²) in [5.41, 5.74) is 0.275. The van der Waals surface area contributed by atoms with Crippen molar-refractivity contribution in [3.05, 3.63) is 42.0 Å². The Kier molecular flexibility index (Phi) is 2.61. The standard InChI is InChI=1S/C14H15F2N/c15-12-2-1-3-13(14(12)16)17-8-11-7-9-4-5-10(11)6-9/h1-5,9-11,17H,6-8H2. The lowest BCUT2D eigenvalue weighted by Gasteiger charge is -2.19. The second-order valence-electron chi connectivity index (χ2n) is 5.02. The zero-order valence-corrected chi connectivity index (χ0v) is 9.50. The van der Waals surface area contributed by atoms with E-state index in [4.69, 9.17) is 0 Å². The first-order valence-electron chi connectivity index (χ1n) is 6.10. The van der Waals surface area contributed by atoms with Crippen LogP contribution in [0.15, 0.2) is 30.4 Å². The Morgan fingerprint density at radius 2 is 2.06 bits per heavy atom. The Labute approximate surface area is 99.5 Å². The molecule has 2 bridgehead atoms. The molecule has 3 rings (SSSR count). The monoisotopic (exact) mass is 235 g/mol. The minimum atomic E-state index is -0.789. The van der Waals surface area contributed by atoms with Gasteiger partial charge in [-0.25, -0.2) is 8.78 Å². The molecule has 1 fully saturated rings. The number of nitrogens with one attached hydrogen (secondary N) is 1. The summed E-state index contributed by atoms with van der Waals surface area (Å²) in [6.07, 6.45) is 6.95. The largest absolute Gasteiger partial charge is 0.382 e. The smallest absolute Gasteiger partial charge is 0.181 e. The van der Waals surface area contributed by atoms with E-state index in [-0.39, 0.29) is 5.69 Å². The highest BCUT2D eigenvalue weighted by atomic mass is 19.2. The van der Waals surface area contributed by atoms with E-state index in [1.54, 1.807) is 6.07 Å². The minimum Gasteiger partial charge on any atom is -0.382 e. The molecule has 0 heterocycles. The van der Waals surface area contributed by atoms with Crippen LogP contribution in [0.3, 0.4) is 0 Å². The Morgan fingerprint density at radius 3 is 2.76 bits per heavy atom. The number of rotatable bonds is 3.